The molecule has 1 unspecified atom stereocenters. The maximum atomic E-state index is 12.4. The number of nitrogens with zero attached hydrogens (tertiary/aromatic N) is 1. The number of phenolic OH excluding ortho intramolecular Hbond substituents is 1. The van der Waals surface area contributed by atoms with Crippen LogP contribution in [0.5, 0.6) is 5.75 Å². The van der Waals surface area contributed by atoms with Gasteiger partial charge in [-0.3, -0.25) is 9.59 Å². The van der Waals surface area contributed by atoms with Crippen LogP contribution in [0.25, 0.3) is 0 Å². The Morgan fingerprint density at radius 1 is 1.22 bits per heavy atom. The predicted octanol–water partition coefficient (Wildman–Crippen LogP) is 1.70. The molecule has 2 fully saturated rings. The van der Waals surface area contributed by atoms with E-state index in [1.54, 1.807) is 23.1 Å². The third kappa shape index (κ3) is 4.24. The van der Waals surface area contributed by atoms with Crippen molar-refractivity contribution < 1.29 is 14.7 Å². The second-order valence-corrected chi connectivity index (χ2v) is 6.67. The molecule has 1 aliphatic carbocycles. The molecular formula is C18H24N2O3. The smallest absolute Gasteiger partial charge is 0.227 e. The van der Waals surface area contributed by atoms with E-state index < -0.39 is 0 Å². The number of aromatic hydroxyl groups is 1. The number of likely N-dealkylation sites (tertiary alicyclic amines) is 1. The molecule has 2 aliphatic rings. The summed E-state index contributed by atoms with van der Waals surface area (Å²) < 4.78 is 0. The first-order valence-corrected chi connectivity index (χ1v) is 8.46. The average molecular weight is 316 g/mol. The Bertz CT molecular complexity index is 583. The van der Waals surface area contributed by atoms with Crippen LogP contribution in [0, 0.1) is 11.8 Å². The fourth-order valence-corrected chi connectivity index (χ4v) is 3.06. The maximum absolute atomic E-state index is 12.4. The van der Waals surface area contributed by atoms with E-state index >= 15 is 0 Å². The van der Waals surface area contributed by atoms with E-state index in [1.807, 2.05) is 6.07 Å². The second kappa shape index (κ2) is 7.02. The average Bonchev–Trinajstić information content (AvgIpc) is 3.39. The van der Waals surface area contributed by atoms with Crippen molar-refractivity contribution in [2.24, 2.45) is 11.8 Å². The fourth-order valence-electron chi connectivity index (χ4n) is 3.06. The molecule has 5 nitrogen and oxygen atoms in total. The third-order valence-corrected chi connectivity index (χ3v) is 4.74. The van der Waals surface area contributed by atoms with Gasteiger partial charge in [0.2, 0.25) is 11.8 Å². The number of piperidine rings is 1. The molecule has 0 bridgehead atoms. The zero-order chi connectivity index (χ0) is 16.2. The van der Waals surface area contributed by atoms with Crippen LogP contribution >= 0.6 is 0 Å². The van der Waals surface area contributed by atoms with Gasteiger partial charge in [-0.2, -0.15) is 0 Å². The molecule has 5 heteroatoms. The summed E-state index contributed by atoms with van der Waals surface area (Å²) in [6.07, 6.45) is 4.32. The summed E-state index contributed by atoms with van der Waals surface area (Å²) in [7, 11) is 0. The number of amides is 2. The summed E-state index contributed by atoms with van der Waals surface area (Å²) in [6.45, 7) is 1.96. The van der Waals surface area contributed by atoms with Crippen molar-refractivity contribution in [2.75, 3.05) is 19.6 Å². The van der Waals surface area contributed by atoms with Crippen LogP contribution in [0.1, 0.15) is 31.2 Å². The summed E-state index contributed by atoms with van der Waals surface area (Å²) in [5, 5.41) is 12.8. The minimum atomic E-state index is -0.101. The van der Waals surface area contributed by atoms with E-state index in [-0.39, 0.29) is 29.9 Å². The highest BCUT2D eigenvalue weighted by atomic mass is 16.3. The summed E-state index contributed by atoms with van der Waals surface area (Å²) in [6, 6.07) is 6.90. The molecule has 1 atom stereocenters. The summed E-state index contributed by atoms with van der Waals surface area (Å²) >= 11 is 0. The lowest BCUT2D eigenvalue weighted by atomic mass is 9.96. The second-order valence-electron chi connectivity index (χ2n) is 6.67. The zero-order valence-electron chi connectivity index (χ0n) is 13.3. The first-order valence-electron chi connectivity index (χ1n) is 8.46. The number of phenols is 1. The lowest BCUT2D eigenvalue weighted by Crippen LogP contribution is -2.46. The number of nitrogens with one attached hydrogen (secondary N) is 1. The molecular weight excluding hydrogens is 292 g/mol. The van der Waals surface area contributed by atoms with Gasteiger partial charge in [-0.1, -0.05) is 18.2 Å². The summed E-state index contributed by atoms with van der Waals surface area (Å²) in [5.74, 6) is 0.775. The van der Waals surface area contributed by atoms with Gasteiger partial charge in [0.25, 0.3) is 0 Å². The minimum absolute atomic E-state index is 0.0220. The summed E-state index contributed by atoms with van der Waals surface area (Å²) in [5.41, 5.74) is 0.637. The Kier molecular flexibility index (Phi) is 4.84. The normalized spacial score (nSPS) is 21.0. The van der Waals surface area contributed by atoms with Crippen LogP contribution in [-0.2, 0) is 16.0 Å². The van der Waals surface area contributed by atoms with Gasteiger partial charge in [0.05, 0.1) is 12.3 Å². The first-order chi connectivity index (χ1) is 11.1. The highest BCUT2D eigenvalue weighted by Crippen LogP contribution is 2.28. The number of para-hydroxylation sites is 1. The van der Waals surface area contributed by atoms with E-state index in [0.29, 0.717) is 24.6 Å². The summed E-state index contributed by atoms with van der Waals surface area (Å²) in [4.78, 5) is 26.4. The molecule has 0 aromatic heterocycles. The van der Waals surface area contributed by atoms with Gasteiger partial charge < -0.3 is 15.3 Å². The molecule has 1 aromatic rings. The lowest BCUT2D eigenvalue weighted by Gasteiger charge is -2.32. The molecule has 2 amide bonds. The zero-order valence-corrected chi connectivity index (χ0v) is 13.3. The van der Waals surface area contributed by atoms with Crippen molar-refractivity contribution in [1.82, 2.24) is 10.2 Å². The number of carbonyl (C=O) groups is 2. The standard InChI is InChI=1S/C18H24N2O3/c21-16-6-2-1-4-14(16)10-17(22)20-9-3-5-15(12-20)18(23)19-11-13-7-8-13/h1-2,4,6,13,15,21H,3,5,7-12H2,(H,19,23). The molecule has 3 rings (SSSR count). The number of rotatable bonds is 5. The Balaban J connectivity index is 1.53. The van der Waals surface area contributed by atoms with E-state index in [4.69, 9.17) is 0 Å². The van der Waals surface area contributed by atoms with Gasteiger partial charge in [0.15, 0.2) is 0 Å². The van der Waals surface area contributed by atoms with Gasteiger partial charge in [-0.25, -0.2) is 0 Å². The molecule has 1 saturated heterocycles. The third-order valence-electron chi connectivity index (χ3n) is 4.74. The number of benzene rings is 1. The highest BCUT2D eigenvalue weighted by molar-refractivity contribution is 5.82. The van der Waals surface area contributed by atoms with E-state index in [1.165, 1.54) is 12.8 Å². The quantitative estimate of drug-likeness (QED) is 0.868. The molecule has 2 N–H and O–H groups in total. The Hall–Kier alpha value is -2.04. The Morgan fingerprint density at radius 2 is 2.00 bits per heavy atom. The monoisotopic (exact) mass is 316 g/mol. The van der Waals surface area contributed by atoms with Gasteiger partial charge in [0, 0.05) is 25.2 Å². The van der Waals surface area contributed by atoms with Crippen molar-refractivity contribution >= 4 is 11.8 Å². The van der Waals surface area contributed by atoms with Gasteiger partial charge >= 0.3 is 0 Å². The van der Waals surface area contributed by atoms with Crippen LogP contribution in [0.3, 0.4) is 0 Å². The van der Waals surface area contributed by atoms with E-state index in [0.717, 1.165) is 19.4 Å². The Morgan fingerprint density at radius 3 is 2.74 bits per heavy atom. The van der Waals surface area contributed by atoms with Crippen molar-refractivity contribution in [3.8, 4) is 5.75 Å². The largest absolute Gasteiger partial charge is 0.508 e. The van der Waals surface area contributed by atoms with Crippen LogP contribution < -0.4 is 5.32 Å². The molecule has 1 heterocycles. The van der Waals surface area contributed by atoms with Crippen molar-refractivity contribution in [3.63, 3.8) is 0 Å². The Labute approximate surface area is 136 Å². The van der Waals surface area contributed by atoms with Crippen LogP contribution in [0.4, 0.5) is 0 Å². The molecule has 124 valence electrons. The molecule has 1 saturated carbocycles. The molecule has 23 heavy (non-hydrogen) atoms. The predicted molar refractivity (Wildman–Crippen MR) is 86.8 cm³/mol. The minimum Gasteiger partial charge on any atom is -0.508 e. The lowest BCUT2D eigenvalue weighted by molar-refractivity contribution is -0.135. The fraction of sp³-hybridized carbons (Fsp3) is 0.556. The van der Waals surface area contributed by atoms with Crippen molar-refractivity contribution in [2.45, 2.75) is 32.1 Å². The first kappa shape index (κ1) is 15.8. The van der Waals surface area contributed by atoms with Crippen LogP contribution in [0.15, 0.2) is 24.3 Å². The van der Waals surface area contributed by atoms with Gasteiger partial charge in [-0.05, 0) is 37.7 Å². The van der Waals surface area contributed by atoms with Crippen molar-refractivity contribution in [1.29, 1.82) is 0 Å². The van der Waals surface area contributed by atoms with Crippen LogP contribution in [0.2, 0.25) is 0 Å². The van der Waals surface area contributed by atoms with Crippen LogP contribution in [-0.4, -0.2) is 41.5 Å². The molecule has 0 radical (unpaired) electrons. The SMILES string of the molecule is O=C(NCC1CC1)C1CCCN(C(=O)Cc2ccccc2O)C1. The van der Waals surface area contributed by atoms with Crippen molar-refractivity contribution in [3.05, 3.63) is 29.8 Å². The molecule has 1 aliphatic heterocycles. The number of hydrogen-bond acceptors (Lipinski definition) is 3. The molecule has 1 aromatic carbocycles. The van der Waals surface area contributed by atoms with E-state index in [2.05, 4.69) is 5.32 Å². The van der Waals surface area contributed by atoms with Gasteiger partial charge in [-0.15, -0.1) is 0 Å². The molecule has 0 spiro atoms. The number of hydrogen-bond donors (Lipinski definition) is 2. The topological polar surface area (TPSA) is 69.6 Å². The highest BCUT2D eigenvalue weighted by Gasteiger charge is 2.30. The maximum Gasteiger partial charge on any atom is 0.227 e. The van der Waals surface area contributed by atoms with Gasteiger partial charge in [0.1, 0.15) is 5.75 Å². The van der Waals surface area contributed by atoms with E-state index in [9.17, 15) is 14.7 Å². The number of carbonyl (C=O) groups excluding carboxylic acids is 2.